The molecule has 0 radical (unpaired) electrons. The van der Waals surface area contributed by atoms with E-state index in [1.807, 2.05) is 55.7 Å². The third kappa shape index (κ3) is 18.4. The lowest BCUT2D eigenvalue weighted by Gasteiger charge is -2.32. The quantitative estimate of drug-likeness (QED) is 0.0234. The molecule has 18 nitrogen and oxygen atoms in total. The van der Waals surface area contributed by atoms with Gasteiger partial charge < -0.3 is 46.9 Å². The molecule has 4 aromatic rings. The highest BCUT2D eigenvalue weighted by Gasteiger charge is 2.32. The molecule has 21 heteroatoms. The number of imidazole rings is 1. The Morgan fingerprint density at radius 1 is 0.800 bits per heavy atom. The van der Waals surface area contributed by atoms with Crippen LogP contribution in [-0.2, 0) is 41.9 Å². The van der Waals surface area contributed by atoms with Gasteiger partial charge >= 0.3 is 12.1 Å². The molecule has 0 saturated carbocycles. The third-order valence-electron chi connectivity index (χ3n) is 12.3. The predicted molar refractivity (Wildman–Crippen MR) is 276 cm³/mol. The molecule has 75 heavy (non-hydrogen) atoms. The van der Waals surface area contributed by atoms with E-state index in [0.717, 1.165) is 28.7 Å². The molecule has 1 aliphatic heterocycles. The van der Waals surface area contributed by atoms with Crippen molar-refractivity contribution in [2.75, 3.05) is 31.6 Å². The van der Waals surface area contributed by atoms with Crippen LogP contribution in [0.2, 0.25) is 0 Å². The second-order valence-electron chi connectivity index (χ2n) is 19.8. The number of carbonyl (C=O) groups excluding carboxylic acids is 7. The summed E-state index contributed by atoms with van der Waals surface area (Å²) in [6.45, 7) is 9.42. The number of unbranched alkanes of at least 4 members (excludes halogenated alkanes) is 2. The van der Waals surface area contributed by atoms with E-state index in [2.05, 4.69) is 31.9 Å². The van der Waals surface area contributed by atoms with Gasteiger partial charge in [0, 0.05) is 55.7 Å². The largest absolute Gasteiger partial charge is 0.445 e. The molecule has 404 valence electrons. The van der Waals surface area contributed by atoms with Crippen molar-refractivity contribution in [1.82, 2.24) is 41.0 Å². The molecule has 3 aromatic carbocycles. The summed E-state index contributed by atoms with van der Waals surface area (Å²) in [5, 5.41) is 16.7. The Morgan fingerprint density at radius 3 is 2.16 bits per heavy atom. The number of nitrogens with zero attached hydrogens (tertiary/aromatic N) is 3. The minimum Gasteiger partial charge on any atom is -0.445 e. The maximum atomic E-state index is 15.0. The second kappa shape index (κ2) is 28.2. The smallest absolute Gasteiger partial charge is 0.407 e. The summed E-state index contributed by atoms with van der Waals surface area (Å²) in [6.07, 6.45) is 5.43. The van der Waals surface area contributed by atoms with Crippen molar-refractivity contribution < 1.29 is 51.5 Å². The van der Waals surface area contributed by atoms with Crippen LogP contribution in [0.4, 0.5) is 28.4 Å². The van der Waals surface area contributed by atoms with Crippen LogP contribution in [0.15, 0.2) is 91.1 Å². The van der Waals surface area contributed by atoms with Crippen LogP contribution < -0.4 is 37.6 Å². The number of ether oxygens (including phenoxy) is 1. The van der Waals surface area contributed by atoms with E-state index < -0.39 is 71.8 Å². The molecule has 4 unspecified atom stereocenters. The van der Waals surface area contributed by atoms with E-state index in [0.29, 0.717) is 42.9 Å². The van der Waals surface area contributed by atoms with Gasteiger partial charge in [0.2, 0.25) is 17.7 Å². The molecular formula is C54H69F3N10O8. The number of hydrogen-bond acceptors (Lipinski definition) is 10. The topological polar surface area (TPSA) is 248 Å². The molecule has 8 amide bonds. The van der Waals surface area contributed by atoms with Crippen molar-refractivity contribution in [1.29, 1.82) is 0 Å². The van der Waals surface area contributed by atoms with Crippen LogP contribution in [0.3, 0.4) is 0 Å². The molecule has 0 bridgehead atoms. The van der Waals surface area contributed by atoms with Crippen LogP contribution in [0.25, 0.3) is 11.3 Å². The zero-order valence-electron chi connectivity index (χ0n) is 43.1. The summed E-state index contributed by atoms with van der Waals surface area (Å²) >= 11 is 0. The summed E-state index contributed by atoms with van der Waals surface area (Å²) < 4.78 is 50.9. The Balaban J connectivity index is 1.12. The van der Waals surface area contributed by atoms with Crippen molar-refractivity contribution in [3.05, 3.63) is 120 Å². The first-order valence-electron chi connectivity index (χ1n) is 25.1. The molecule has 0 spiro atoms. The number of urea groups is 1. The van der Waals surface area contributed by atoms with Crippen LogP contribution in [0.1, 0.15) is 103 Å². The average molecular weight is 1040 g/mol. The number of anilines is 1. The van der Waals surface area contributed by atoms with E-state index in [9.17, 15) is 46.7 Å². The molecule has 0 aliphatic carbocycles. The lowest BCUT2D eigenvalue weighted by molar-refractivity contribution is -0.137. The Kier molecular flexibility index (Phi) is 21.9. The number of nitrogens with two attached hydrogens (primary N) is 1. The monoisotopic (exact) mass is 1040 g/mol. The summed E-state index contributed by atoms with van der Waals surface area (Å²) in [6, 6.07) is 15.0. The molecule has 8 N–H and O–H groups in total. The zero-order chi connectivity index (χ0) is 54.7. The lowest BCUT2D eigenvalue weighted by atomic mass is 9.86. The van der Waals surface area contributed by atoms with Gasteiger partial charge in [-0.2, -0.15) is 0 Å². The minimum atomic E-state index is -1.09. The Morgan fingerprint density at radius 2 is 1.51 bits per heavy atom. The van der Waals surface area contributed by atoms with E-state index in [4.69, 9.17) is 15.5 Å². The first-order chi connectivity index (χ1) is 35.7. The van der Waals surface area contributed by atoms with Gasteiger partial charge in [-0.25, -0.2) is 27.7 Å². The summed E-state index contributed by atoms with van der Waals surface area (Å²) in [5.41, 5.74) is 6.88. The van der Waals surface area contributed by atoms with Crippen molar-refractivity contribution in [3.63, 3.8) is 0 Å². The number of hydrogen-bond donors (Lipinski definition) is 7. The first-order valence-corrected chi connectivity index (χ1v) is 25.1. The maximum absolute atomic E-state index is 15.0. The number of alkyl halides is 1. The van der Waals surface area contributed by atoms with E-state index >= 15 is 0 Å². The van der Waals surface area contributed by atoms with Gasteiger partial charge in [-0.05, 0) is 91.4 Å². The summed E-state index contributed by atoms with van der Waals surface area (Å²) in [4.78, 5) is 93.8. The fourth-order valence-corrected chi connectivity index (χ4v) is 8.25. The Hall–Kier alpha value is -7.55. The van der Waals surface area contributed by atoms with Gasteiger partial charge in [0.1, 0.15) is 42.8 Å². The number of halogens is 3. The van der Waals surface area contributed by atoms with Gasteiger partial charge in [0.15, 0.2) is 0 Å². The van der Waals surface area contributed by atoms with Gasteiger partial charge in [0.25, 0.3) is 11.8 Å². The lowest BCUT2D eigenvalue weighted by Crippen LogP contribution is -2.54. The van der Waals surface area contributed by atoms with Gasteiger partial charge in [-0.15, -0.1) is 0 Å². The number of carbonyl (C=O) groups is 7. The van der Waals surface area contributed by atoms with Crippen LogP contribution in [-0.4, -0.2) is 101 Å². The Labute approximate surface area is 435 Å². The summed E-state index contributed by atoms with van der Waals surface area (Å²) in [5.74, 6) is -3.30. The van der Waals surface area contributed by atoms with Crippen molar-refractivity contribution in [3.8, 4) is 11.3 Å². The van der Waals surface area contributed by atoms with Gasteiger partial charge in [-0.1, -0.05) is 83.5 Å². The molecule has 4 atom stereocenters. The highest BCUT2D eigenvalue weighted by Crippen LogP contribution is 2.35. The number of benzene rings is 3. The number of rotatable bonds is 28. The van der Waals surface area contributed by atoms with Crippen molar-refractivity contribution >= 4 is 47.3 Å². The third-order valence-corrected chi connectivity index (χ3v) is 12.3. The van der Waals surface area contributed by atoms with E-state index in [1.165, 1.54) is 12.2 Å². The predicted octanol–water partition coefficient (Wildman–Crippen LogP) is 6.71. The molecular weight excluding hydrogens is 974 g/mol. The first kappa shape index (κ1) is 58.3. The number of aromatic nitrogens is 2. The van der Waals surface area contributed by atoms with E-state index in [-0.39, 0.29) is 86.8 Å². The molecule has 0 saturated heterocycles. The fraction of sp³-hybridized carbons (Fsp3) is 0.444. The SMILES string of the molecule is CC(C)C(NC(=O)CCCCCN1C(=O)C=CC1=O)C(=O)NC(CCCNC(N)=O)C(=O)Nc1ccc(COC(=O)NC(CF)CCNC(c2nc(-c3cc(F)ccc3F)cn2Cc2ccccc2)C(C)(C)C)cc1. The molecule has 1 aliphatic rings. The maximum Gasteiger partial charge on any atom is 0.407 e. The van der Waals surface area contributed by atoms with Crippen LogP contribution >= 0.6 is 0 Å². The molecule has 5 rings (SSSR count). The van der Waals surface area contributed by atoms with Crippen molar-refractivity contribution in [2.24, 2.45) is 17.1 Å². The number of nitrogens with one attached hydrogen (secondary N) is 6. The summed E-state index contributed by atoms with van der Waals surface area (Å²) in [7, 11) is 0. The molecule has 1 aromatic heterocycles. The number of imide groups is 1. The van der Waals surface area contributed by atoms with Crippen LogP contribution in [0, 0.1) is 23.0 Å². The van der Waals surface area contributed by atoms with Crippen molar-refractivity contribution in [2.45, 2.75) is 117 Å². The second-order valence-corrected chi connectivity index (χ2v) is 19.8. The van der Waals surface area contributed by atoms with Gasteiger partial charge in [-0.3, -0.25) is 28.9 Å². The highest BCUT2D eigenvalue weighted by molar-refractivity contribution is 6.12. The minimum absolute atomic E-state index is 0.0189. The zero-order valence-corrected chi connectivity index (χ0v) is 43.1. The Bertz CT molecular complexity index is 2610. The number of primary amides is 1. The highest BCUT2D eigenvalue weighted by atomic mass is 19.1. The standard InChI is InChI=1S/C54H69F3N10O8/c1-34(2)47(65-44(68)16-10-7-11-28-67-45(69)23-24-46(67)70)51(72)64-42(15-12-26-60-52(58)73)50(71)61-38-20-17-36(18-21-38)33-75-53(74)62-39(30-55)25-27-59-48(54(3,4)5)49-63-43(40-29-37(56)19-22-41(40)57)32-66(49)31-35-13-8-6-9-14-35/h6,8-9,13-14,17-24,29,32,34,39,42,47-48,59H,7,10-12,15-16,25-28,30-31,33H2,1-5H3,(H,61,71)(H,62,74)(H,64,72)(H,65,68)(H3,58,60,73). The van der Waals surface area contributed by atoms with E-state index in [1.54, 1.807) is 44.3 Å². The number of alkyl carbamates (subject to hydrolysis) is 1. The molecule has 2 heterocycles. The average Bonchev–Trinajstić information content (AvgIpc) is 3.92. The number of amides is 8. The molecule has 0 fully saturated rings. The van der Waals surface area contributed by atoms with Gasteiger partial charge in [0.05, 0.1) is 17.8 Å². The fourth-order valence-electron chi connectivity index (χ4n) is 8.25. The normalized spacial score (nSPS) is 14.0. The van der Waals surface area contributed by atoms with Crippen LogP contribution in [0.5, 0.6) is 0 Å².